The Balaban J connectivity index is 2.93. The Morgan fingerprint density at radius 3 is 2.74 bits per heavy atom. The number of anilines is 1. The summed E-state index contributed by atoms with van der Waals surface area (Å²) in [5, 5.41) is 16.7. The van der Waals surface area contributed by atoms with Gasteiger partial charge in [-0.1, -0.05) is 6.92 Å². The lowest BCUT2D eigenvalue weighted by atomic mass is 10.1. The molecule has 0 fully saturated rings. The zero-order chi connectivity index (χ0) is 14.4. The highest BCUT2D eigenvalue weighted by Crippen LogP contribution is 2.21. The number of benzene rings is 1. The molecule has 0 spiro atoms. The fraction of sp³-hybridized carbons (Fsp3) is 0.417. The molecule has 1 aromatic rings. The molecule has 0 heterocycles. The van der Waals surface area contributed by atoms with Gasteiger partial charge in [-0.15, -0.1) is 0 Å². The van der Waals surface area contributed by atoms with Crippen LogP contribution in [-0.2, 0) is 0 Å². The smallest absolute Gasteiger partial charge is 0.270 e. The standard InChI is InChI=1S/C12H17N3O3S/c1-8(19-3)7-14-12(16)10-6-9(15(17)18)4-5-11(10)13-2/h4-6,8,13H,7H2,1-3H3,(H,14,16). The molecule has 6 nitrogen and oxygen atoms in total. The molecule has 7 heteroatoms. The summed E-state index contributed by atoms with van der Waals surface area (Å²) in [6.45, 7) is 2.52. The first kappa shape index (κ1) is 15.3. The predicted octanol–water partition coefficient (Wildman–Crippen LogP) is 2.12. The lowest BCUT2D eigenvalue weighted by Crippen LogP contribution is -2.29. The maximum absolute atomic E-state index is 12.0. The summed E-state index contributed by atoms with van der Waals surface area (Å²) in [5.41, 5.74) is 0.756. The monoisotopic (exact) mass is 283 g/mol. The summed E-state index contributed by atoms with van der Waals surface area (Å²) in [5.74, 6) is -0.311. The normalized spacial score (nSPS) is 11.7. The molecule has 1 rings (SSSR count). The maximum atomic E-state index is 12.0. The second kappa shape index (κ2) is 6.98. The number of carbonyl (C=O) groups excluding carboxylic acids is 1. The molecule has 2 N–H and O–H groups in total. The summed E-state index contributed by atoms with van der Waals surface area (Å²) < 4.78 is 0. The van der Waals surface area contributed by atoms with Crippen LogP contribution in [0.2, 0.25) is 0 Å². The van der Waals surface area contributed by atoms with Crippen molar-refractivity contribution < 1.29 is 9.72 Å². The Labute approximate surface area is 116 Å². The predicted molar refractivity (Wildman–Crippen MR) is 78.0 cm³/mol. The molecule has 0 saturated carbocycles. The third-order valence-electron chi connectivity index (χ3n) is 2.68. The van der Waals surface area contributed by atoms with Gasteiger partial charge in [0.05, 0.1) is 10.5 Å². The van der Waals surface area contributed by atoms with Gasteiger partial charge in [0, 0.05) is 36.7 Å². The van der Waals surface area contributed by atoms with Crippen molar-refractivity contribution in [3.05, 3.63) is 33.9 Å². The van der Waals surface area contributed by atoms with Crippen LogP contribution >= 0.6 is 11.8 Å². The second-order valence-electron chi connectivity index (χ2n) is 3.99. The molecule has 0 aliphatic rings. The average Bonchev–Trinajstić information content (AvgIpc) is 2.43. The number of amides is 1. The Morgan fingerprint density at radius 2 is 2.21 bits per heavy atom. The largest absolute Gasteiger partial charge is 0.387 e. The third kappa shape index (κ3) is 4.13. The van der Waals surface area contributed by atoms with Gasteiger partial charge in [-0.25, -0.2) is 0 Å². The van der Waals surface area contributed by atoms with Gasteiger partial charge in [-0.05, 0) is 12.3 Å². The Hall–Kier alpha value is -1.76. The highest BCUT2D eigenvalue weighted by Gasteiger charge is 2.16. The molecule has 0 aliphatic carbocycles. The number of nitrogens with one attached hydrogen (secondary N) is 2. The number of hydrogen-bond acceptors (Lipinski definition) is 5. The molecular weight excluding hydrogens is 266 g/mol. The maximum Gasteiger partial charge on any atom is 0.270 e. The van der Waals surface area contributed by atoms with E-state index in [9.17, 15) is 14.9 Å². The zero-order valence-electron chi connectivity index (χ0n) is 11.1. The first-order valence-electron chi connectivity index (χ1n) is 5.76. The van der Waals surface area contributed by atoms with E-state index in [2.05, 4.69) is 10.6 Å². The minimum absolute atomic E-state index is 0.0953. The molecule has 0 aliphatic heterocycles. The number of thioether (sulfide) groups is 1. The van der Waals surface area contributed by atoms with E-state index in [-0.39, 0.29) is 17.2 Å². The molecule has 1 unspecified atom stereocenters. The Morgan fingerprint density at radius 1 is 1.53 bits per heavy atom. The molecule has 1 aromatic carbocycles. The van der Waals surface area contributed by atoms with Gasteiger partial charge >= 0.3 is 0 Å². The van der Waals surface area contributed by atoms with Gasteiger partial charge in [0.1, 0.15) is 0 Å². The van der Waals surface area contributed by atoms with E-state index >= 15 is 0 Å². The van der Waals surface area contributed by atoms with Crippen molar-refractivity contribution in [2.24, 2.45) is 0 Å². The minimum Gasteiger partial charge on any atom is -0.387 e. The summed E-state index contributed by atoms with van der Waals surface area (Å²) in [6, 6.07) is 4.18. The highest BCUT2D eigenvalue weighted by atomic mass is 32.2. The lowest BCUT2D eigenvalue weighted by molar-refractivity contribution is -0.384. The van der Waals surface area contributed by atoms with Gasteiger partial charge in [-0.2, -0.15) is 11.8 Å². The van der Waals surface area contributed by atoms with Crippen LogP contribution < -0.4 is 10.6 Å². The number of nitro groups is 1. The molecule has 104 valence electrons. The quantitative estimate of drug-likeness (QED) is 0.617. The van der Waals surface area contributed by atoms with Gasteiger partial charge < -0.3 is 10.6 Å². The minimum atomic E-state index is -0.513. The summed E-state index contributed by atoms with van der Waals surface area (Å²) in [4.78, 5) is 22.3. The first-order valence-corrected chi connectivity index (χ1v) is 7.05. The van der Waals surface area contributed by atoms with Gasteiger partial charge in [0.25, 0.3) is 11.6 Å². The summed E-state index contributed by atoms with van der Waals surface area (Å²) >= 11 is 1.64. The van der Waals surface area contributed by atoms with Crippen molar-refractivity contribution in [1.82, 2.24) is 5.32 Å². The lowest BCUT2D eigenvalue weighted by Gasteiger charge is -2.12. The second-order valence-corrected chi connectivity index (χ2v) is 5.27. The SMILES string of the molecule is CNc1ccc([N+](=O)[O-])cc1C(=O)NCC(C)SC. The topological polar surface area (TPSA) is 84.3 Å². The van der Waals surface area contributed by atoms with Crippen LogP contribution in [0, 0.1) is 10.1 Å². The van der Waals surface area contributed by atoms with Crippen LogP contribution in [0.4, 0.5) is 11.4 Å². The van der Waals surface area contributed by atoms with E-state index in [1.54, 1.807) is 18.8 Å². The fourth-order valence-corrected chi connectivity index (χ4v) is 1.72. The molecule has 1 amide bonds. The number of nitro benzene ring substituents is 1. The molecule has 1 atom stereocenters. The average molecular weight is 283 g/mol. The van der Waals surface area contributed by atoms with Crippen LogP contribution in [-0.4, -0.2) is 35.9 Å². The van der Waals surface area contributed by atoms with Crippen molar-refractivity contribution in [3.8, 4) is 0 Å². The van der Waals surface area contributed by atoms with Crippen molar-refractivity contribution in [2.45, 2.75) is 12.2 Å². The molecule has 19 heavy (non-hydrogen) atoms. The summed E-state index contributed by atoms with van der Waals surface area (Å²) in [6.07, 6.45) is 1.96. The van der Waals surface area contributed by atoms with Crippen molar-refractivity contribution in [2.75, 3.05) is 25.2 Å². The number of nitrogens with zero attached hydrogens (tertiary/aromatic N) is 1. The molecule has 0 aromatic heterocycles. The van der Waals surface area contributed by atoms with Crippen LogP contribution in [0.5, 0.6) is 0 Å². The van der Waals surface area contributed by atoms with Crippen LogP contribution in [0.3, 0.4) is 0 Å². The van der Waals surface area contributed by atoms with E-state index in [1.807, 2.05) is 13.2 Å². The van der Waals surface area contributed by atoms with Gasteiger partial charge in [0.15, 0.2) is 0 Å². The third-order valence-corrected chi connectivity index (χ3v) is 3.65. The van der Waals surface area contributed by atoms with Crippen LogP contribution in [0.25, 0.3) is 0 Å². The van der Waals surface area contributed by atoms with E-state index < -0.39 is 4.92 Å². The van der Waals surface area contributed by atoms with Crippen molar-refractivity contribution >= 4 is 29.0 Å². The molecule has 0 saturated heterocycles. The number of hydrogen-bond donors (Lipinski definition) is 2. The zero-order valence-corrected chi connectivity index (χ0v) is 11.9. The van der Waals surface area contributed by atoms with Gasteiger partial charge in [-0.3, -0.25) is 14.9 Å². The van der Waals surface area contributed by atoms with E-state index in [0.717, 1.165) is 0 Å². The van der Waals surface area contributed by atoms with Crippen molar-refractivity contribution in [3.63, 3.8) is 0 Å². The molecular formula is C12H17N3O3S. The summed E-state index contributed by atoms with van der Waals surface area (Å²) in [7, 11) is 1.67. The number of carbonyl (C=O) groups is 1. The van der Waals surface area contributed by atoms with E-state index in [4.69, 9.17) is 0 Å². The van der Waals surface area contributed by atoms with Crippen molar-refractivity contribution in [1.29, 1.82) is 0 Å². The number of non-ortho nitro benzene ring substituents is 1. The molecule has 0 radical (unpaired) electrons. The van der Waals surface area contributed by atoms with Crippen LogP contribution in [0.15, 0.2) is 18.2 Å². The number of rotatable bonds is 6. The highest BCUT2D eigenvalue weighted by molar-refractivity contribution is 7.99. The Bertz CT molecular complexity index is 479. The van der Waals surface area contributed by atoms with E-state index in [1.165, 1.54) is 18.2 Å². The van der Waals surface area contributed by atoms with Crippen LogP contribution in [0.1, 0.15) is 17.3 Å². The van der Waals surface area contributed by atoms with Gasteiger partial charge in [0.2, 0.25) is 0 Å². The first-order chi connectivity index (χ1) is 8.99. The van der Waals surface area contributed by atoms with E-state index in [0.29, 0.717) is 17.5 Å². The fourth-order valence-electron chi connectivity index (χ4n) is 1.47. The molecule has 0 bridgehead atoms. The Kier molecular flexibility index (Phi) is 5.62.